The third kappa shape index (κ3) is 1.43. The van der Waals surface area contributed by atoms with Crippen molar-refractivity contribution in [2.75, 3.05) is 5.75 Å². The van der Waals surface area contributed by atoms with Crippen molar-refractivity contribution in [2.24, 2.45) is 5.92 Å². The summed E-state index contributed by atoms with van der Waals surface area (Å²) in [6, 6.07) is 0. The second-order valence-electron chi connectivity index (χ2n) is 2.82. The van der Waals surface area contributed by atoms with Gasteiger partial charge in [0.25, 0.3) is 0 Å². The Bertz CT molecular complexity index is 161. The Balaban J connectivity index is 2.62. The predicted molar refractivity (Wildman–Crippen MR) is 45.2 cm³/mol. The van der Waals surface area contributed by atoms with Gasteiger partial charge in [-0.3, -0.25) is 4.79 Å². The molecule has 2 heteroatoms. The minimum Gasteiger partial charge on any atom is -0.298 e. The van der Waals surface area contributed by atoms with E-state index in [2.05, 4.69) is 13.8 Å². The zero-order chi connectivity index (χ0) is 7.56. The third-order valence-corrected chi connectivity index (χ3v) is 3.20. The van der Waals surface area contributed by atoms with Crippen molar-refractivity contribution < 1.29 is 4.79 Å². The molecule has 0 saturated carbocycles. The Labute approximate surface area is 65.9 Å². The van der Waals surface area contributed by atoms with E-state index in [9.17, 15) is 4.79 Å². The van der Waals surface area contributed by atoms with Gasteiger partial charge in [0, 0.05) is 16.6 Å². The number of carbonyl (C=O) groups excluding carboxylic acids is 1. The molecule has 0 unspecified atom stereocenters. The van der Waals surface area contributed by atoms with Crippen LogP contribution < -0.4 is 0 Å². The lowest BCUT2D eigenvalue weighted by molar-refractivity contribution is -0.105. The van der Waals surface area contributed by atoms with E-state index in [0.29, 0.717) is 11.2 Å². The van der Waals surface area contributed by atoms with Crippen molar-refractivity contribution in [3.05, 3.63) is 11.6 Å². The van der Waals surface area contributed by atoms with E-state index in [1.54, 1.807) is 0 Å². The van der Waals surface area contributed by atoms with Crippen LogP contribution in [0, 0.1) is 5.92 Å². The molecule has 1 rings (SSSR count). The molecule has 0 bridgehead atoms. The maximum Gasteiger partial charge on any atom is 0.146 e. The van der Waals surface area contributed by atoms with E-state index in [1.807, 2.05) is 17.8 Å². The van der Waals surface area contributed by atoms with Gasteiger partial charge in [-0.25, -0.2) is 0 Å². The van der Waals surface area contributed by atoms with Crippen LogP contribution >= 0.6 is 11.8 Å². The van der Waals surface area contributed by atoms with Gasteiger partial charge in [-0.05, 0) is 5.92 Å². The lowest BCUT2D eigenvalue weighted by Gasteiger charge is -2.13. The summed E-state index contributed by atoms with van der Waals surface area (Å²) < 4.78 is 0. The van der Waals surface area contributed by atoms with Gasteiger partial charge in [-0.15, -0.1) is 11.8 Å². The highest BCUT2D eigenvalue weighted by atomic mass is 32.2. The van der Waals surface area contributed by atoms with Crippen molar-refractivity contribution in [1.82, 2.24) is 0 Å². The molecule has 1 aliphatic rings. The average Bonchev–Trinajstić information content (AvgIpc) is 2.33. The Kier molecular flexibility index (Phi) is 2.55. The maximum absolute atomic E-state index is 10.4. The Morgan fingerprint density at radius 3 is 2.90 bits per heavy atom. The standard InChI is InChI=1S/C8H12OS/c1-6(2)8-7(5-9)3-4-10-8/h3,5-6,8H,4H2,1-2H3/t8-/m1/s1. The highest BCUT2D eigenvalue weighted by Gasteiger charge is 2.21. The fourth-order valence-corrected chi connectivity index (χ4v) is 2.38. The first-order valence-electron chi connectivity index (χ1n) is 3.52. The van der Waals surface area contributed by atoms with Crippen LogP contribution in [0.1, 0.15) is 13.8 Å². The smallest absolute Gasteiger partial charge is 0.146 e. The zero-order valence-electron chi connectivity index (χ0n) is 6.33. The summed E-state index contributed by atoms with van der Waals surface area (Å²) in [5.41, 5.74) is 0.986. The summed E-state index contributed by atoms with van der Waals surface area (Å²) in [5, 5.41) is 0.456. The molecule has 0 aromatic rings. The van der Waals surface area contributed by atoms with Gasteiger partial charge < -0.3 is 0 Å². The van der Waals surface area contributed by atoms with Gasteiger partial charge in [-0.1, -0.05) is 19.9 Å². The van der Waals surface area contributed by atoms with Crippen molar-refractivity contribution in [2.45, 2.75) is 19.1 Å². The molecular weight excluding hydrogens is 144 g/mol. The molecular formula is C8H12OS. The zero-order valence-corrected chi connectivity index (χ0v) is 7.15. The van der Waals surface area contributed by atoms with E-state index in [1.165, 1.54) is 0 Å². The molecule has 0 aliphatic carbocycles. The summed E-state index contributed by atoms with van der Waals surface area (Å²) in [5.74, 6) is 1.60. The lowest BCUT2D eigenvalue weighted by Crippen LogP contribution is -2.11. The van der Waals surface area contributed by atoms with Gasteiger partial charge in [0.15, 0.2) is 0 Å². The molecule has 0 spiro atoms. The van der Waals surface area contributed by atoms with Crippen molar-refractivity contribution in [1.29, 1.82) is 0 Å². The Morgan fingerprint density at radius 1 is 1.80 bits per heavy atom. The average molecular weight is 156 g/mol. The first-order chi connectivity index (χ1) is 4.75. The molecule has 0 saturated heterocycles. The second-order valence-corrected chi connectivity index (χ2v) is 3.99. The van der Waals surface area contributed by atoms with Crippen LogP contribution in [0.25, 0.3) is 0 Å². The molecule has 10 heavy (non-hydrogen) atoms. The largest absolute Gasteiger partial charge is 0.298 e. The van der Waals surface area contributed by atoms with E-state index in [-0.39, 0.29) is 0 Å². The summed E-state index contributed by atoms with van der Waals surface area (Å²) in [6.07, 6.45) is 3.02. The fourth-order valence-electron chi connectivity index (χ4n) is 1.15. The number of hydrogen-bond acceptors (Lipinski definition) is 2. The highest BCUT2D eigenvalue weighted by Crippen LogP contribution is 2.31. The van der Waals surface area contributed by atoms with Crippen LogP contribution in [0.4, 0.5) is 0 Å². The fraction of sp³-hybridized carbons (Fsp3) is 0.625. The van der Waals surface area contributed by atoms with Gasteiger partial charge in [0.2, 0.25) is 0 Å². The van der Waals surface area contributed by atoms with Crippen molar-refractivity contribution in [3.63, 3.8) is 0 Å². The molecule has 0 aromatic carbocycles. The lowest BCUT2D eigenvalue weighted by atomic mass is 10.0. The number of aldehydes is 1. The monoisotopic (exact) mass is 156 g/mol. The summed E-state index contributed by atoms with van der Waals surface area (Å²) in [4.78, 5) is 10.4. The van der Waals surface area contributed by atoms with Gasteiger partial charge in [-0.2, -0.15) is 0 Å². The SMILES string of the molecule is CC(C)[C@H]1SCC=C1C=O. The first-order valence-corrected chi connectivity index (χ1v) is 4.57. The third-order valence-electron chi connectivity index (χ3n) is 1.66. The van der Waals surface area contributed by atoms with Gasteiger partial charge in [0.1, 0.15) is 6.29 Å². The molecule has 0 aromatic heterocycles. The van der Waals surface area contributed by atoms with E-state index < -0.39 is 0 Å². The van der Waals surface area contributed by atoms with Crippen LogP contribution in [0.3, 0.4) is 0 Å². The summed E-state index contributed by atoms with van der Waals surface area (Å²) in [7, 11) is 0. The Morgan fingerprint density at radius 2 is 2.50 bits per heavy atom. The predicted octanol–water partition coefficient (Wildman–Crippen LogP) is 1.88. The second kappa shape index (κ2) is 3.24. The quantitative estimate of drug-likeness (QED) is 0.568. The van der Waals surface area contributed by atoms with Crippen LogP contribution in [-0.2, 0) is 4.79 Å². The molecule has 1 heterocycles. The van der Waals surface area contributed by atoms with E-state index in [4.69, 9.17) is 0 Å². The number of rotatable bonds is 2. The summed E-state index contributed by atoms with van der Waals surface area (Å²) >= 11 is 1.86. The molecule has 0 N–H and O–H groups in total. The minimum absolute atomic E-state index is 0.456. The molecule has 0 fully saturated rings. The molecule has 1 nitrogen and oxygen atoms in total. The molecule has 1 aliphatic heterocycles. The van der Waals surface area contributed by atoms with Crippen LogP contribution in [0.5, 0.6) is 0 Å². The van der Waals surface area contributed by atoms with E-state index >= 15 is 0 Å². The normalized spacial score (nSPS) is 25.1. The first kappa shape index (κ1) is 7.86. The van der Waals surface area contributed by atoms with Crippen molar-refractivity contribution >= 4 is 18.0 Å². The van der Waals surface area contributed by atoms with E-state index in [0.717, 1.165) is 17.6 Å². The highest BCUT2D eigenvalue weighted by molar-refractivity contribution is 8.00. The Hall–Kier alpha value is -0.240. The van der Waals surface area contributed by atoms with Crippen LogP contribution in [0.15, 0.2) is 11.6 Å². The molecule has 0 amide bonds. The number of hydrogen-bond donors (Lipinski definition) is 0. The molecule has 1 atom stereocenters. The maximum atomic E-state index is 10.4. The van der Waals surface area contributed by atoms with Crippen LogP contribution in [-0.4, -0.2) is 17.3 Å². The van der Waals surface area contributed by atoms with Gasteiger partial charge in [0.05, 0.1) is 0 Å². The van der Waals surface area contributed by atoms with Gasteiger partial charge >= 0.3 is 0 Å². The van der Waals surface area contributed by atoms with Crippen molar-refractivity contribution in [3.8, 4) is 0 Å². The van der Waals surface area contributed by atoms with Crippen LogP contribution in [0.2, 0.25) is 0 Å². The molecule has 56 valence electrons. The topological polar surface area (TPSA) is 17.1 Å². The number of carbonyl (C=O) groups is 1. The molecule has 0 radical (unpaired) electrons. The minimum atomic E-state index is 0.456. The number of thioether (sulfide) groups is 1. The summed E-state index contributed by atoms with van der Waals surface area (Å²) in [6.45, 7) is 4.31.